The second-order valence-electron chi connectivity index (χ2n) is 8.75. The minimum absolute atomic E-state index is 0.574. The lowest BCUT2D eigenvalue weighted by molar-refractivity contribution is -0.722. The number of unbranched alkanes of at least 4 members (excludes halogenated alkanes) is 13. The number of hydrogen-bond acceptors (Lipinski definition) is 0. The highest BCUT2D eigenvalue weighted by Crippen LogP contribution is 2.13. The number of aromatic nitrogens is 2. The van der Waals surface area contributed by atoms with Crippen LogP contribution in [-0.2, 0) is 13.0 Å². The molecule has 2 heteroatoms. The highest BCUT2D eigenvalue weighted by Gasteiger charge is 2.18. The third-order valence-electron chi connectivity index (χ3n) is 5.85. The van der Waals surface area contributed by atoms with Gasteiger partial charge in [0.25, 0.3) is 5.82 Å². The summed E-state index contributed by atoms with van der Waals surface area (Å²) >= 11 is 0. The van der Waals surface area contributed by atoms with Crippen molar-refractivity contribution in [2.24, 2.45) is 0 Å². The van der Waals surface area contributed by atoms with Gasteiger partial charge < -0.3 is 0 Å². The fourth-order valence-electron chi connectivity index (χ4n) is 4.05. The molecule has 0 unspecified atom stereocenters. The summed E-state index contributed by atoms with van der Waals surface area (Å²) in [5, 5.41) is 0. The van der Waals surface area contributed by atoms with Gasteiger partial charge in [-0.15, -0.1) is 0 Å². The molecule has 158 valence electrons. The summed E-state index contributed by atoms with van der Waals surface area (Å²) in [5.41, 5.74) is 0. The standard InChI is InChI=1S/C25H49N2/c1-5-7-9-10-11-12-13-14-15-16-17-18-19-21-26-22-23-27(24(3)4)25(26)20-8-6-2/h22-24H,5-21H2,1-4H3/q+1. The van der Waals surface area contributed by atoms with Crippen LogP contribution >= 0.6 is 0 Å². The molecule has 0 saturated heterocycles. The van der Waals surface area contributed by atoms with Crippen molar-refractivity contribution in [2.75, 3.05) is 0 Å². The SMILES string of the molecule is CCCCCCCCCCCCCCCn1cc[n+](C(C)C)c1CCCC. The van der Waals surface area contributed by atoms with E-state index in [0.29, 0.717) is 6.04 Å². The number of rotatable bonds is 18. The normalized spacial score (nSPS) is 11.6. The van der Waals surface area contributed by atoms with Crippen LogP contribution < -0.4 is 4.57 Å². The lowest BCUT2D eigenvalue weighted by Gasteiger charge is -2.07. The first-order valence-corrected chi connectivity index (χ1v) is 12.3. The molecular weight excluding hydrogens is 328 g/mol. The summed E-state index contributed by atoms with van der Waals surface area (Å²) < 4.78 is 4.99. The Kier molecular flexibility index (Phi) is 14.5. The quantitative estimate of drug-likeness (QED) is 0.182. The van der Waals surface area contributed by atoms with E-state index in [1.54, 1.807) is 0 Å². The van der Waals surface area contributed by atoms with Gasteiger partial charge in [0, 0.05) is 6.42 Å². The van der Waals surface area contributed by atoms with E-state index < -0.39 is 0 Å². The average Bonchev–Trinajstić information content (AvgIpc) is 3.06. The molecule has 1 aromatic heterocycles. The van der Waals surface area contributed by atoms with Crippen molar-refractivity contribution in [3.63, 3.8) is 0 Å². The molecule has 0 aliphatic rings. The summed E-state index contributed by atoms with van der Waals surface area (Å²) in [6, 6.07) is 0.574. The molecule has 0 saturated carbocycles. The number of aryl methyl sites for hydroxylation is 1. The van der Waals surface area contributed by atoms with E-state index in [-0.39, 0.29) is 0 Å². The van der Waals surface area contributed by atoms with Crippen molar-refractivity contribution in [3.05, 3.63) is 18.2 Å². The second kappa shape index (κ2) is 16.2. The maximum Gasteiger partial charge on any atom is 0.256 e. The molecule has 0 bridgehead atoms. The van der Waals surface area contributed by atoms with Gasteiger partial charge in [0.05, 0.1) is 12.6 Å². The van der Waals surface area contributed by atoms with Gasteiger partial charge in [0.15, 0.2) is 0 Å². The fourth-order valence-corrected chi connectivity index (χ4v) is 4.05. The van der Waals surface area contributed by atoms with Gasteiger partial charge in [-0.3, -0.25) is 0 Å². The topological polar surface area (TPSA) is 8.81 Å². The van der Waals surface area contributed by atoms with Crippen LogP contribution in [0.2, 0.25) is 0 Å². The molecule has 1 rings (SSSR count). The van der Waals surface area contributed by atoms with Crippen LogP contribution in [0.25, 0.3) is 0 Å². The molecule has 0 atom stereocenters. The van der Waals surface area contributed by atoms with Gasteiger partial charge in [-0.1, -0.05) is 90.9 Å². The van der Waals surface area contributed by atoms with Crippen LogP contribution in [0.15, 0.2) is 12.4 Å². The molecule has 0 radical (unpaired) electrons. The number of hydrogen-bond donors (Lipinski definition) is 0. The largest absolute Gasteiger partial charge is 0.256 e. The molecule has 1 aromatic rings. The minimum Gasteiger partial charge on any atom is -0.234 e. The van der Waals surface area contributed by atoms with Gasteiger partial charge in [-0.05, 0) is 33.1 Å². The Labute approximate surface area is 170 Å². The average molecular weight is 378 g/mol. The van der Waals surface area contributed by atoms with Crippen molar-refractivity contribution >= 4 is 0 Å². The molecule has 2 nitrogen and oxygen atoms in total. The molecule has 0 aliphatic heterocycles. The smallest absolute Gasteiger partial charge is 0.234 e. The highest BCUT2D eigenvalue weighted by atomic mass is 15.2. The van der Waals surface area contributed by atoms with Crippen LogP contribution in [-0.4, -0.2) is 4.57 Å². The van der Waals surface area contributed by atoms with E-state index in [1.807, 2.05) is 0 Å². The number of nitrogens with zero attached hydrogens (tertiary/aromatic N) is 2. The van der Waals surface area contributed by atoms with Crippen LogP contribution in [0.3, 0.4) is 0 Å². The zero-order chi connectivity index (χ0) is 19.7. The highest BCUT2D eigenvalue weighted by molar-refractivity contribution is 4.84. The Morgan fingerprint density at radius 2 is 1.19 bits per heavy atom. The van der Waals surface area contributed by atoms with Crippen molar-refractivity contribution < 1.29 is 4.57 Å². The van der Waals surface area contributed by atoms with Crippen LogP contribution in [0.1, 0.15) is 136 Å². The first-order valence-electron chi connectivity index (χ1n) is 12.3. The maximum atomic E-state index is 2.52. The summed E-state index contributed by atoms with van der Waals surface area (Å²) in [4.78, 5) is 0. The zero-order valence-corrected chi connectivity index (χ0v) is 19.1. The van der Waals surface area contributed by atoms with Gasteiger partial charge in [-0.2, -0.15) is 0 Å². The molecule has 0 amide bonds. The molecule has 0 spiro atoms. The molecular formula is C25H49N2+. The predicted octanol–water partition coefficient (Wildman–Crippen LogP) is 7.79. The van der Waals surface area contributed by atoms with Gasteiger partial charge in [0.2, 0.25) is 0 Å². The van der Waals surface area contributed by atoms with E-state index in [4.69, 9.17) is 0 Å². The van der Waals surface area contributed by atoms with E-state index >= 15 is 0 Å². The third-order valence-corrected chi connectivity index (χ3v) is 5.85. The third kappa shape index (κ3) is 11.0. The first-order chi connectivity index (χ1) is 13.2. The monoisotopic (exact) mass is 377 g/mol. The van der Waals surface area contributed by atoms with E-state index in [1.165, 1.54) is 115 Å². The fraction of sp³-hybridized carbons (Fsp3) is 0.880. The lowest BCUT2D eigenvalue weighted by atomic mass is 10.0. The van der Waals surface area contributed by atoms with Crippen molar-refractivity contribution in [2.45, 2.75) is 143 Å². The van der Waals surface area contributed by atoms with Gasteiger partial charge >= 0.3 is 0 Å². The van der Waals surface area contributed by atoms with Gasteiger partial charge in [0.1, 0.15) is 12.4 Å². The molecule has 27 heavy (non-hydrogen) atoms. The lowest BCUT2D eigenvalue weighted by Crippen LogP contribution is -2.39. The second-order valence-corrected chi connectivity index (χ2v) is 8.75. The Bertz CT molecular complexity index is 447. The van der Waals surface area contributed by atoms with Crippen molar-refractivity contribution in [3.8, 4) is 0 Å². The molecule has 0 N–H and O–H groups in total. The van der Waals surface area contributed by atoms with E-state index in [0.717, 1.165) is 0 Å². The Morgan fingerprint density at radius 1 is 0.704 bits per heavy atom. The van der Waals surface area contributed by atoms with Crippen LogP contribution in [0.5, 0.6) is 0 Å². The summed E-state index contributed by atoms with van der Waals surface area (Å²) in [7, 11) is 0. The zero-order valence-electron chi connectivity index (χ0n) is 19.1. The molecule has 0 aliphatic carbocycles. The van der Waals surface area contributed by atoms with Gasteiger partial charge in [-0.25, -0.2) is 9.13 Å². The summed E-state index contributed by atoms with van der Waals surface area (Å²) in [5.74, 6) is 1.53. The van der Waals surface area contributed by atoms with Crippen LogP contribution in [0, 0.1) is 0 Å². The predicted molar refractivity (Wildman–Crippen MR) is 119 cm³/mol. The Balaban J connectivity index is 2.06. The number of imidazole rings is 1. The first kappa shape index (κ1) is 24.2. The van der Waals surface area contributed by atoms with Crippen molar-refractivity contribution in [1.29, 1.82) is 0 Å². The molecule has 0 aromatic carbocycles. The van der Waals surface area contributed by atoms with E-state index in [2.05, 4.69) is 49.2 Å². The van der Waals surface area contributed by atoms with E-state index in [9.17, 15) is 0 Å². The Hall–Kier alpha value is -0.790. The molecule has 1 heterocycles. The minimum atomic E-state index is 0.574. The van der Waals surface area contributed by atoms with Crippen LogP contribution in [0.4, 0.5) is 0 Å². The summed E-state index contributed by atoms with van der Waals surface area (Å²) in [6.07, 6.45) is 27.0. The van der Waals surface area contributed by atoms with Crippen molar-refractivity contribution in [1.82, 2.24) is 4.57 Å². The summed E-state index contributed by atoms with van der Waals surface area (Å²) in [6.45, 7) is 10.4. The Morgan fingerprint density at radius 3 is 1.67 bits per heavy atom. The maximum absolute atomic E-state index is 2.52. The molecule has 0 fully saturated rings.